The summed E-state index contributed by atoms with van der Waals surface area (Å²) in [5.41, 5.74) is 9.67. The van der Waals surface area contributed by atoms with Crippen LogP contribution in [0, 0.1) is 25.2 Å². The molecule has 0 fully saturated rings. The van der Waals surface area contributed by atoms with Gasteiger partial charge in [0.05, 0.1) is 24.4 Å². The minimum atomic E-state index is 0.685. The summed E-state index contributed by atoms with van der Waals surface area (Å²) in [7, 11) is 1.70. The number of benzene rings is 2. The predicted molar refractivity (Wildman–Crippen MR) is 139 cm³/mol. The number of anilines is 1. The fraction of sp³-hybridized carbons (Fsp3) is 0.345. The van der Waals surface area contributed by atoms with Crippen LogP contribution in [0.4, 0.5) is 5.82 Å². The molecule has 1 aliphatic rings. The van der Waals surface area contributed by atoms with Crippen molar-refractivity contribution in [3.8, 4) is 22.9 Å². The fourth-order valence-corrected chi connectivity index (χ4v) is 5.23. The molecule has 4 aromatic rings. The molecule has 0 saturated heterocycles. The van der Waals surface area contributed by atoms with Gasteiger partial charge in [-0.15, -0.1) is 0 Å². The lowest BCUT2D eigenvalue weighted by molar-refractivity contribution is 0.414. The summed E-state index contributed by atoms with van der Waals surface area (Å²) in [4.78, 5) is 7.62. The maximum atomic E-state index is 9.18. The minimum Gasteiger partial charge on any atom is -0.497 e. The fourth-order valence-electron chi connectivity index (χ4n) is 5.23. The quantitative estimate of drug-likeness (QED) is 0.345. The van der Waals surface area contributed by atoms with Gasteiger partial charge >= 0.3 is 0 Å². The SMILES string of the molecule is CCCN(Cc1ccc(C#N)cc1)c1c2c(nc3c(-c4ccc(OC)cc4C)c(C)nn13)CCC2. The minimum absolute atomic E-state index is 0.685. The Kier molecular flexibility index (Phi) is 6.17. The molecule has 0 unspecified atom stereocenters. The van der Waals surface area contributed by atoms with E-state index in [0.29, 0.717) is 5.56 Å². The third kappa shape index (κ3) is 4.12. The standard InChI is InChI=1S/C29H31N5O/c1-5-15-33(18-22-11-9-21(17-30)10-12-22)29-25-7-6-8-26(25)31-28-27(20(3)32-34(28)29)24-14-13-23(35-4)16-19(24)2/h9-14,16H,5-8,15,18H2,1-4H3. The molecule has 0 amide bonds. The van der Waals surface area contributed by atoms with Gasteiger partial charge in [0.1, 0.15) is 11.6 Å². The maximum absolute atomic E-state index is 9.18. The van der Waals surface area contributed by atoms with Gasteiger partial charge in [-0.25, -0.2) is 4.98 Å². The van der Waals surface area contributed by atoms with Crippen LogP contribution in [-0.4, -0.2) is 28.3 Å². The summed E-state index contributed by atoms with van der Waals surface area (Å²) in [5.74, 6) is 2.01. The molecule has 6 heteroatoms. The monoisotopic (exact) mass is 465 g/mol. The Morgan fingerprint density at radius 1 is 1.11 bits per heavy atom. The van der Waals surface area contributed by atoms with Crippen molar-refractivity contribution in [3.05, 3.63) is 76.1 Å². The van der Waals surface area contributed by atoms with Gasteiger partial charge in [0.2, 0.25) is 0 Å². The zero-order chi connectivity index (χ0) is 24.5. The zero-order valence-electron chi connectivity index (χ0n) is 20.9. The number of nitrogens with zero attached hydrogens (tertiary/aromatic N) is 5. The first-order valence-corrected chi connectivity index (χ1v) is 12.3. The highest BCUT2D eigenvalue weighted by atomic mass is 16.5. The van der Waals surface area contributed by atoms with Gasteiger partial charge in [-0.2, -0.15) is 14.9 Å². The molecule has 0 spiro atoms. The summed E-state index contributed by atoms with van der Waals surface area (Å²) in [6.45, 7) is 8.09. The van der Waals surface area contributed by atoms with Crippen molar-refractivity contribution in [2.75, 3.05) is 18.6 Å². The molecule has 2 heterocycles. The van der Waals surface area contributed by atoms with Gasteiger partial charge in [0.15, 0.2) is 5.65 Å². The Morgan fingerprint density at radius 2 is 1.91 bits per heavy atom. The number of hydrogen-bond donors (Lipinski definition) is 0. The number of nitriles is 1. The first-order chi connectivity index (χ1) is 17.0. The van der Waals surface area contributed by atoms with Crippen LogP contribution in [0.2, 0.25) is 0 Å². The Bertz CT molecular complexity index is 1430. The highest BCUT2D eigenvalue weighted by Crippen LogP contribution is 2.38. The van der Waals surface area contributed by atoms with Crippen molar-refractivity contribution < 1.29 is 4.74 Å². The second-order valence-electron chi connectivity index (χ2n) is 9.32. The molecule has 2 aromatic carbocycles. The van der Waals surface area contributed by atoms with E-state index in [1.807, 2.05) is 18.2 Å². The van der Waals surface area contributed by atoms with Crippen LogP contribution in [0.1, 0.15) is 53.4 Å². The third-order valence-electron chi connectivity index (χ3n) is 6.89. The molecule has 0 bridgehead atoms. The van der Waals surface area contributed by atoms with E-state index in [4.69, 9.17) is 14.8 Å². The molecule has 35 heavy (non-hydrogen) atoms. The normalized spacial score (nSPS) is 12.5. The lowest BCUT2D eigenvalue weighted by atomic mass is 10.0. The molecular weight excluding hydrogens is 434 g/mol. The molecule has 0 radical (unpaired) electrons. The van der Waals surface area contributed by atoms with E-state index >= 15 is 0 Å². The summed E-state index contributed by atoms with van der Waals surface area (Å²) in [6, 6.07) is 16.3. The van der Waals surface area contributed by atoms with Crippen molar-refractivity contribution in [1.29, 1.82) is 5.26 Å². The number of methoxy groups -OCH3 is 1. The van der Waals surface area contributed by atoms with Crippen LogP contribution in [0.3, 0.4) is 0 Å². The smallest absolute Gasteiger partial charge is 0.165 e. The van der Waals surface area contributed by atoms with Crippen LogP contribution in [0.5, 0.6) is 5.75 Å². The maximum Gasteiger partial charge on any atom is 0.165 e. The third-order valence-corrected chi connectivity index (χ3v) is 6.89. The Morgan fingerprint density at radius 3 is 2.60 bits per heavy atom. The Labute approximate surface area is 206 Å². The lowest BCUT2D eigenvalue weighted by Gasteiger charge is -2.27. The molecule has 6 nitrogen and oxygen atoms in total. The first-order valence-electron chi connectivity index (χ1n) is 12.3. The van der Waals surface area contributed by atoms with Crippen molar-refractivity contribution >= 4 is 11.5 Å². The average molecular weight is 466 g/mol. The molecule has 0 saturated carbocycles. The van der Waals surface area contributed by atoms with E-state index in [1.165, 1.54) is 16.8 Å². The van der Waals surface area contributed by atoms with Gasteiger partial charge in [-0.3, -0.25) is 0 Å². The molecule has 0 N–H and O–H groups in total. The topological polar surface area (TPSA) is 66.5 Å². The van der Waals surface area contributed by atoms with Gasteiger partial charge < -0.3 is 9.64 Å². The van der Waals surface area contributed by atoms with E-state index in [2.05, 4.69) is 60.5 Å². The average Bonchev–Trinajstić information content (AvgIpc) is 3.46. The number of ether oxygens (including phenoxy) is 1. The van der Waals surface area contributed by atoms with Crippen LogP contribution in [0.15, 0.2) is 42.5 Å². The van der Waals surface area contributed by atoms with E-state index in [9.17, 15) is 5.26 Å². The number of hydrogen-bond acceptors (Lipinski definition) is 5. The van der Waals surface area contributed by atoms with E-state index < -0.39 is 0 Å². The van der Waals surface area contributed by atoms with E-state index in [0.717, 1.165) is 78.4 Å². The molecule has 178 valence electrons. The second-order valence-corrected chi connectivity index (χ2v) is 9.32. The largest absolute Gasteiger partial charge is 0.497 e. The van der Waals surface area contributed by atoms with Crippen molar-refractivity contribution in [3.63, 3.8) is 0 Å². The molecule has 0 aliphatic heterocycles. The predicted octanol–water partition coefficient (Wildman–Crippen LogP) is 5.80. The Hall–Kier alpha value is -3.85. The van der Waals surface area contributed by atoms with Crippen LogP contribution < -0.4 is 9.64 Å². The van der Waals surface area contributed by atoms with Crippen LogP contribution in [-0.2, 0) is 19.4 Å². The number of aryl methyl sites for hydroxylation is 3. The number of rotatable bonds is 7. The van der Waals surface area contributed by atoms with Crippen LogP contribution in [0.25, 0.3) is 16.8 Å². The Balaban J connectivity index is 1.68. The molecule has 2 aromatic heterocycles. The van der Waals surface area contributed by atoms with Gasteiger partial charge in [0.25, 0.3) is 0 Å². The van der Waals surface area contributed by atoms with Gasteiger partial charge in [-0.05, 0) is 80.5 Å². The zero-order valence-corrected chi connectivity index (χ0v) is 20.9. The van der Waals surface area contributed by atoms with Crippen molar-refractivity contribution in [2.45, 2.75) is 53.0 Å². The van der Waals surface area contributed by atoms with Gasteiger partial charge in [0, 0.05) is 29.9 Å². The lowest BCUT2D eigenvalue weighted by Crippen LogP contribution is -2.27. The number of aromatic nitrogens is 3. The summed E-state index contributed by atoms with van der Waals surface area (Å²) >= 11 is 0. The second kappa shape index (κ2) is 9.42. The van der Waals surface area contributed by atoms with E-state index in [-0.39, 0.29) is 0 Å². The van der Waals surface area contributed by atoms with Crippen LogP contribution >= 0.6 is 0 Å². The molecular formula is C29H31N5O. The van der Waals surface area contributed by atoms with Gasteiger partial charge in [-0.1, -0.05) is 25.1 Å². The summed E-state index contributed by atoms with van der Waals surface area (Å²) in [6.07, 6.45) is 4.17. The summed E-state index contributed by atoms with van der Waals surface area (Å²) < 4.78 is 7.51. The molecule has 0 atom stereocenters. The first kappa shape index (κ1) is 22.9. The van der Waals surface area contributed by atoms with Crippen molar-refractivity contribution in [1.82, 2.24) is 14.6 Å². The van der Waals surface area contributed by atoms with Crippen molar-refractivity contribution in [2.24, 2.45) is 0 Å². The summed E-state index contributed by atoms with van der Waals surface area (Å²) in [5, 5.41) is 14.2. The molecule has 1 aliphatic carbocycles. The highest BCUT2D eigenvalue weighted by molar-refractivity contribution is 5.83. The highest BCUT2D eigenvalue weighted by Gasteiger charge is 2.27. The number of fused-ring (bicyclic) bond motifs is 2. The van der Waals surface area contributed by atoms with E-state index in [1.54, 1.807) is 7.11 Å². The molecule has 5 rings (SSSR count).